The predicted octanol–water partition coefficient (Wildman–Crippen LogP) is 4.95. The molecule has 1 saturated carbocycles. The Morgan fingerprint density at radius 2 is 1.67 bits per heavy atom. The Bertz CT molecular complexity index is 1100. The first-order valence-electron chi connectivity index (χ1n) is 10.0. The Labute approximate surface area is 175 Å². The smallest absolute Gasteiger partial charge is 0.257 e. The Balaban J connectivity index is 1.44. The molecule has 2 amide bonds. The second-order valence-corrected chi connectivity index (χ2v) is 7.57. The number of nitrogens with one attached hydrogen (secondary N) is 2. The maximum atomic E-state index is 12.8. The maximum absolute atomic E-state index is 12.8. The SMILES string of the molecule is COc1ccccc1NC(=O)c1ccc(NC(=O)c2cc(C)n(C3CC3)c2C)cc1. The van der Waals surface area contributed by atoms with E-state index in [9.17, 15) is 9.59 Å². The fourth-order valence-electron chi connectivity index (χ4n) is 3.75. The summed E-state index contributed by atoms with van der Waals surface area (Å²) < 4.78 is 7.51. The highest BCUT2D eigenvalue weighted by Crippen LogP contribution is 2.38. The summed E-state index contributed by atoms with van der Waals surface area (Å²) in [6.07, 6.45) is 2.35. The third-order valence-electron chi connectivity index (χ3n) is 5.40. The number of aryl methyl sites for hydroxylation is 1. The summed E-state index contributed by atoms with van der Waals surface area (Å²) in [4.78, 5) is 25.3. The summed E-state index contributed by atoms with van der Waals surface area (Å²) in [6, 6.07) is 16.6. The zero-order valence-corrected chi connectivity index (χ0v) is 17.4. The Morgan fingerprint density at radius 3 is 2.33 bits per heavy atom. The van der Waals surface area contributed by atoms with Crippen molar-refractivity contribution >= 4 is 23.2 Å². The van der Waals surface area contributed by atoms with Crippen LogP contribution in [0.25, 0.3) is 0 Å². The maximum Gasteiger partial charge on any atom is 0.257 e. The lowest BCUT2D eigenvalue weighted by atomic mass is 10.1. The van der Waals surface area contributed by atoms with Crippen LogP contribution in [0.15, 0.2) is 54.6 Å². The number of carbonyl (C=O) groups excluding carboxylic acids is 2. The minimum atomic E-state index is -0.245. The van der Waals surface area contributed by atoms with Crippen molar-refractivity contribution in [2.24, 2.45) is 0 Å². The molecule has 0 unspecified atom stereocenters. The largest absolute Gasteiger partial charge is 0.495 e. The van der Waals surface area contributed by atoms with Gasteiger partial charge in [0.15, 0.2) is 0 Å². The van der Waals surface area contributed by atoms with E-state index < -0.39 is 0 Å². The summed E-state index contributed by atoms with van der Waals surface area (Å²) >= 11 is 0. The van der Waals surface area contributed by atoms with Crippen LogP contribution in [-0.4, -0.2) is 23.5 Å². The van der Waals surface area contributed by atoms with Crippen LogP contribution < -0.4 is 15.4 Å². The predicted molar refractivity (Wildman–Crippen MR) is 118 cm³/mol. The summed E-state index contributed by atoms with van der Waals surface area (Å²) in [7, 11) is 1.56. The molecule has 1 heterocycles. The number of amides is 2. The molecule has 0 saturated heterocycles. The number of rotatable bonds is 6. The molecule has 0 radical (unpaired) electrons. The summed E-state index contributed by atoms with van der Waals surface area (Å²) in [5.74, 6) is 0.213. The number of hydrogen-bond acceptors (Lipinski definition) is 3. The van der Waals surface area contributed by atoms with E-state index in [4.69, 9.17) is 4.74 Å². The van der Waals surface area contributed by atoms with Crippen LogP contribution in [0.3, 0.4) is 0 Å². The molecule has 6 heteroatoms. The summed E-state index contributed by atoms with van der Waals surface area (Å²) in [6.45, 7) is 4.03. The van der Waals surface area contributed by atoms with Crippen LogP contribution in [0.1, 0.15) is 51.0 Å². The van der Waals surface area contributed by atoms with Crippen molar-refractivity contribution in [1.82, 2.24) is 4.57 Å². The van der Waals surface area contributed by atoms with Crippen LogP contribution in [0, 0.1) is 13.8 Å². The van der Waals surface area contributed by atoms with Gasteiger partial charge in [0.05, 0.1) is 18.4 Å². The van der Waals surface area contributed by atoms with Crippen LogP contribution in [0.2, 0.25) is 0 Å². The average Bonchev–Trinajstić information content (AvgIpc) is 3.53. The van der Waals surface area contributed by atoms with E-state index in [1.807, 2.05) is 32.0 Å². The van der Waals surface area contributed by atoms with Gasteiger partial charge in [0, 0.05) is 28.7 Å². The molecule has 0 aliphatic heterocycles. The number of aromatic nitrogens is 1. The number of nitrogens with zero attached hydrogens (tertiary/aromatic N) is 1. The van der Waals surface area contributed by atoms with Crippen molar-refractivity contribution in [3.8, 4) is 5.75 Å². The first-order chi connectivity index (χ1) is 14.5. The quantitative estimate of drug-likeness (QED) is 0.611. The van der Waals surface area contributed by atoms with Crippen LogP contribution in [0.4, 0.5) is 11.4 Å². The second-order valence-electron chi connectivity index (χ2n) is 7.57. The molecule has 2 N–H and O–H groups in total. The highest BCUT2D eigenvalue weighted by molar-refractivity contribution is 6.07. The van der Waals surface area contributed by atoms with Gasteiger partial charge in [0.1, 0.15) is 5.75 Å². The van der Waals surface area contributed by atoms with Gasteiger partial charge in [-0.3, -0.25) is 9.59 Å². The first kappa shape index (κ1) is 19.8. The van der Waals surface area contributed by atoms with Gasteiger partial charge < -0.3 is 19.9 Å². The molecule has 1 fully saturated rings. The average molecular weight is 403 g/mol. The molecule has 154 valence electrons. The zero-order valence-electron chi connectivity index (χ0n) is 17.4. The monoisotopic (exact) mass is 403 g/mol. The third kappa shape index (κ3) is 3.94. The molecule has 0 spiro atoms. The van der Waals surface area contributed by atoms with Gasteiger partial charge in [0.25, 0.3) is 11.8 Å². The van der Waals surface area contributed by atoms with E-state index >= 15 is 0 Å². The standard InChI is InChI=1S/C24H25N3O3/c1-15-14-20(16(2)27(15)19-12-13-19)24(29)25-18-10-8-17(9-11-18)23(28)26-21-6-4-5-7-22(21)30-3/h4-11,14,19H,12-13H2,1-3H3,(H,25,29)(H,26,28). The van der Waals surface area contributed by atoms with Crippen LogP contribution >= 0.6 is 0 Å². The van der Waals surface area contributed by atoms with E-state index in [1.165, 1.54) is 12.8 Å². The van der Waals surface area contributed by atoms with Gasteiger partial charge in [-0.25, -0.2) is 0 Å². The lowest BCUT2D eigenvalue weighted by Gasteiger charge is -2.11. The lowest BCUT2D eigenvalue weighted by molar-refractivity contribution is 0.101. The molecule has 1 aromatic heterocycles. The summed E-state index contributed by atoms with van der Waals surface area (Å²) in [5.41, 5.74) is 4.55. The van der Waals surface area contributed by atoms with Gasteiger partial charge in [-0.2, -0.15) is 0 Å². The minimum absolute atomic E-state index is 0.138. The molecule has 3 aromatic rings. The van der Waals surface area contributed by atoms with E-state index in [1.54, 1.807) is 43.5 Å². The number of para-hydroxylation sites is 2. The Hall–Kier alpha value is -3.54. The molecule has 1 aliphatic rings. The second kappa shape index (κ2) is 8.06. The highest BCUT2D eigenvalue weighted by atomic mass is 16.5. The summed E-state index contributed by atoms with van der Waals surface area (Å²) in [5, 5.41) is 5.77. The molecule has 1 aliphatic carbocycles. The molecule has 30 heavy (non-hydrogen) atoms. The number of hydrogen-bond donors (Lipinski definition) is 2. The zero-order chi connectivity index (χ0) is 21.3. The molecule has 0 atom stereocenters. The number of methoxy groups -OCH3 is 1. The van der Waals surface area contributed by atoms with Gasteiger partial charge in [-0.05, 0) is 69.2 Å². The fraction of sp³-hybridized carbons (Fsp3) is 0.250. The van der Waals surface area contributed by atoms with Gasteiger partial charge >= 0.3 is 0 Å². The van der Waals surface area contributed by atoms with Crippen molar-refractivity contribution in [2.45, 2.75) is 32.7 Å². The van der Waals surface area contributed by atoms with Gasteiger partial charge in [-0.1, -0.05) is 12.1 Å². The number of ether oxygens (including phenoxy) is 1. The molecular weight excluding hydrogens is 378 g/mol. The topological polar surface area (TPSA) is 72.4 Å². The van der Waals surface area contributed by atoms with E-state index in [0.717, 1.165) is 11.4 Å². The normalized spacial score (nSPS) is 13.0. The first-order valence-corrected chi connectivity index (χ1v) is 10.0. The van der Waals surface area contributed by atoms with Gasteiger partial charge in [0.2, 0.25) is 0 Å². The van der Waals surface area contributed by atoms with Crippen molar-refractivity contribution in [2.75, 3.05) is 17.7 Å². The van der Waals surface area contributed by atoms with Crippen LogP contribution in [0.5, 0.6) is 5.75 Å². The molecule has 4 rings (SSSR count). The molecule has 2 aromatic carbocycles. The molecule has 6 nitrogen and oxygen atoms in total. The van der Waals surface area contributed by atoms with Crippen molar-refractivity contribution in [3.05, 3.63) is 77.1 Å². The van der Waals surface area contributed by atoms with E-state index in [0.29, 0.717) is 34.3 Å². The number of carbonyl (C=O) groups is 2. The van der Waals surface area contributed by atoms with Crippen LogP contribution in [-0.2, 0) is 0 Å². The molecule has 0 bridgehead atoms. The van der Waals surface area contributed by atoms with Crippen molar-refractivity contribution in [3.63, 3.8) is 0 Å². The van der Waals surface area contributed by atoms with Crippen molar-refractivity contribution in [1.29, 1.82) is 0 Å². The number of anilines is 2. The minimum Gasteiger partial charge on any atom is -0.495 e. The number of benzene rings is 2. The fourth-order valence-corrected chi connectivity index (χ4v) is 3.75. The van der Waals surface area contributed by atoms with E-state index in [2.05, 4.69) is 15.2 Å². The Morgan fingerprint density at radius 1 is 0.967 bits per heavy atom. The Kier molecular flexibility index (Phi) is 5.31. The van der Waals surface area contributed by atoms with Gasteiger partial charge in [-0.15, -0.1) is 0 Å². The molecular formula is C24H25N3O3. The van der Waals surface area contributed by atoms with E-state index in [-0.39, 0.29) is 11.8 Å². The highest BCUT2D eigenvalue weighted by Gasteiger charge is 2.28. The lowest BCUT2D eigenvalue weighted by Crippen LogP contribution is -2.14. The third-order valence-corrected chi connectivity index (χ3v) is 5.40. The van der Waals surface area contributed by atoms with Crippen molar-refractivity contribution < 1.29 is 14.3 Å².